The average Bonchev–Trinajstić information content (AvgIpc) is 2.83. The summed E-state index contributed by atoms with van der Waals surface area (Å²) in [4.78, 5) is 22.9. The number of likely N-dealkylation sites (N-methyl/N-ethyl adjacent to an activating group) is 1. The van der Waals surface area contributed by atoms with E-state index in [1.165, 1.54) is 28.3 Å². The molecule has 192 valence electrons. The van der Waals surface area contributed by atoms with Crippen LogP contribution in [0, 0.1) is 0 Å². The van der Waals surface area contributed by atoms with Gasteiger partial charge in [-0.25, -0.2) is 0 Å². The fourth-order valence-corrected chi connectivity index (χ4v) is 4.41. The Labute approximate surface area is 205 Å². The van der Waals surface area contributed by atoms with Gasteiger partial charge in [0.15, 0.2) is 0 Å². The van der Waals surface area contributed by atoms with Gasteiger partial charge in [0.1, 0.15) is 0 Å². The van der Waals surface area contributed by atoms with E-state index in [0.29, 0.717) is 26.1 Å². The van der Waals surface area contributed by atoms with Gasteiger partial charge in [0.05, 0.1) is 24.4 Å². The van der Waals surface area contributed by atoms with Gasteiger partial charge >= 0.3 is 6.18 Å². The van der Waals surface area contributed by atoms with Crippen molar-refractivity contribution in [1.82, 2.24) is 19.7 Å². The SMILES string of the molecule is COCCN1CCc2c(CCC(=O)N(CCN(C)C)Cc3ncccc3C(F)(F)F)cccc2C1. The number of nitrogens with zero attached hydrogens (tertiary/aromatic N) is 4. The molecule has 0 N–H and O–H groups in total. The summed E-state index contributed by atoms with van der Waals surface area (Å²) in [6, 6.07) is 8.49. The molecule has 0 radical (unpaired) electrons. The van der Waals surface area contributed by atoms with E-state index >= 15 is 0 Å². The first-order chi connectivity index (χ1) is 16.7. The normalized spacial score (nSPS) is 14.3. The van der Waals surface area contributed by atoms with Crippen molar-refractivity contribution < 1.29 is 22.7 Å². The summed E-state index contributed by atoms with van der Waals surface area (Å²) in [5.74, 6) is -0.166. The number of carbonyl (C=O) groups is 1. The maximum Gasteiger partial charge on any atom is 0.418 e. The van der Waals surface area contributed by atoms with E-state index in [1.807, 2.05) is 25.1 Å². The molecular weight excluding hydrogens is 457 g/mol. The summed E-state index contributed by atoms with van der Waals surface area (Å²) in [7, 11) is 5.44. The van der Waals surface area contributed by atoms with Gasteiger partial charge in [-0.2, -0.15) is 13.2 Å². The Morgan fingerprint density at radius 1 is 1.17 bits per heavy atom. The molecule has 1 aliphatic rings. The van der Waals surface area contributed by atoms with Crippen molar-refractivity contribution in [1.29, 1.82) is 0 Å². The maximum atomic E-state index is 13.5. The van der Waals surface area contributed by atoms with Gasteiger partial charge in [-0.15, -0.1) is 0 Å². The van der Waals surface area contributed by atoms with E-state index in [9.17, 15) is 18.0 Å². The molecule has 9 heteroatoms. The number of fused-ring (bicyclic) bond motifs is 1. The molecule has 0 unspecified atom stereocenters. The number of hydrogen-bond donors (Lipinski definition) is 0. The van der Waals surface area contributed by atoms with E-state index in [2.05, 4.69) is 22.0 Å². The summed E-state index contributed by atoms with van der Waals surface area (Å²) < 4.78 is 45.6. The van der Waals surface area contributed by atoms with Crippen LogP contribution in [0.4, 0.5) is 13.2 Å². The largest absolute Gasteiger partial charge is 0.418 e. The number of rotatable bonds is 11. The first-order valence-electron chi connectivity index (χ1n) is 11.9. The van der Waals surface area contributed by atoms with Gasteiger partial charge in [-0.3, -0.25) is 14.7 Å². The number of halogens is 3. The fourth-order valence-electron chi connectivity index (χ4n) is 4.41. The van der Waals surface area contributed by atoms with Crippen LogP contribution in [0.25, 0.3) is 0 Å². The molecule has 0 aliphatic carbocycles. The number of alkyl halides is 3. The molecule has 3 rings (SSSR count). The van der Waals surface area contributed by atoms with Crippen LogP contribution < -0.4 is 0 Å². The molecule has 1 aromatic carbocycles. The van der Waals surface area contributed by atoms with Crippen molar-refractivity contribution in [3.63, 3.8) is 0 Å². The second kappa shape index (κ2) is 12.5. The van der Waals surface area contributed by atoms with Gasteiger partial charge < -0.3 is 14.5 Å². The molecule has 0 saturated carbocycles. The smallest absolute Gasteiger partial charge is 0.383 e. The number of pyridine rings is 1. The number of hydrogen-bond acceptors (Lipinski definition) is 5. The third-order valence-electron chi connectivity index (χ3n) is 6.37. The lowest BCUT2D eigenvalue weighted by atomic mass is 9.92. The monoisotopic (exact) mass is 492 g/mol. The number of ether oxygens (including phenoxy) is 1. The molecule has 1 aliphatic heterocycles. The van der Waals surface area contributed by atoms with Gasteiger partial charge in [-0.1, -0.05) is 18.2 Å². The molecule has 1 aromatic heterocycles. The van der Waals surface area contributed by atoms with E-state index in [-0.39, 0.29) is 24.6 Å². The number of carbonyl (C=O) groups excluding carboxylic acids is 1. The van der Waals surface area contributed by atoms with Crippen molar-refractivity contribution in [2.24, 2.45) is 0 Å². The van der Waals surface area contributed by atoms with Crippen LogP contribution in [0.3, 0.4) is 0 Å². The average molecular weight is 493 g/mol. The lowest BCUT2D eigenvalue weighted by Gasteiger charge is -2.30. The molecule has 0 bridgehead atoms. The minimum atomic E-state index is -4.51. The zero-order chi connectivity index (χ0) is 25.4. The van der Waals surface area contributed by atoms with Crippen LogP contribution in [-0.4, -0.2) is 79.6 Å². The molecule has 2 aromatic rings. The quantitative estimate of drug-likeness (QED) is 0.480. The van der Waals surface area contributed by atoms with E-state index in [1.54, 1.807) is 7.11 Å². The topological polar surface area (TPSA) is 48.9 Å². The first-order valence-corrected chi connectivity index (χ1v) is 11.9. The second-order valence-electron chi connectivity index (χ2n) is 9.19. The Morgan fingerprint density at radius 3 is 2.69 bits per heavy atom. The molecule has 0 spiro atoms. The highest BCUT2D eigenvalue weighted by Crippen LogP contribution is 2.31. The van der Waals surface area contributed by atoms with Crippen LogP contribution >= 0.6 is 0 Å². The third kappa shape index (κ3) is 7.75. The van der Waals surface area contributed by atoms with Crippen molar-refractivity contribution >= 4 is 5.91 Å². The Morgan fingerprint density at radius 2 is 1.97 bits per heavy atom. The third-order valence-corrected chi connectivity index (χ3v) is 6.37. The standard InChI is InChI=1S/C26H35F3N4O2/c1-31(2)14-15-33(19-24-23(26(27,28)29)8-5-12-30-24)25(34)10-9-20-6-4-7-21-18-32(16-17-35-3)13-11-22(20)21/h4-8,12H,9-11,13-19H2,1-3H3. The molecule has 1 amide bonds. The van der Waals surface area contributed by atoms with Crippen molar-refractivity contribution in [2.45, 2.75) is 38.5 Å². The summed E-state index contributed by atoms with van der Waals surface area (Å²) in [6.45, 7) is 4.10. The van der Waals surface area contributed by atoms with Gasteiger partial charge in [0.2, 0.25) is 5.91 Å². The fraction of sp³-hybridized carbons (Fsp3) is 0.538. The Balaban J connectivity index is 1.71. The van der Waals surface area contributed by atoms with Crippen LogP contribution in [0.15, 0.2) is 36.5 Å². The number of aryl methyl sites for hydroxylation is 1. The summed E-state index contributed by atoms with van der Waals surface area (Å²) in [6.07, 6.45) is -1.46. The van der Waals surface area contributed by atoms with Crippen LogP contribution in [0.5, 0.6) is 0 Å². The lowest BCUT2D eigenvalue weighted by Crippen LogP contribution is -2.37. The van der Waals surface area contributed by atoms with Gasteiger partial charge in [0, 0.05) is 52.5 Å². The molecule has 2 heterocycles. The van der Waals surface area contributed by atoms with E-state index in [0.717, 1.165) is 37.7 Å². The molecule has 6 nitrogen and oxygen atoms in total. The second-order valence-corrected chi connectivity index (χ2v) is 9.19. The minimum Gasteiger partial charge on any atom is -0.383 e. The predicted octanol–water partition coefficient (Wildman–Crippen LogP) is 3.63. The van der Waals surface area contributed by atoms with Gasteiger partial charge in [-0.05, 0) is 55.8 Å². The number of aromatic nitrogens is 1. The zero-order valence-electron chi connectivity index (χ0n) is 20.8. The van der Waals surface area contributed by atoms with Crippen LogP contribution in [0.2, 0.25) is 0 Å². The molecule has 0 atom stereocenters. The van der Waals surface area contributed by atoms with Crippen molar-refractivity contribution in [3.05, 3.63) is 64.5 Å². The predicted molar refractivity (Wildman–Crippen MR) is 129 cm³/mol. The number of benzene rings is 1. The highest BCUT2D eigenvalue weighted by atomic mass is 19.4. The Kier molecular flexibility index (Phi) is 9.65. The van der Waals surface area contributed by atoms with E-state index < -0.39 is 11.7 Å². The maximum absolute atomic E-state index is 13.5. The summed E-state index contributed by atoms with van der Waals surface area (Å²) in [5.41, 5.74) is 2.78. The lowest BCUT2D eigenvalue weighted by molar-refractivity contribution is -0.140. The van der Waals surface area contributed by atoms with Crippen LogP contribution in [0.1, 0.15) is 34.4 Å². The molecule has 0 saturated heterocycles. The first kappa shape index (κ1) is 27.1. The Hall–Kier alpha value is -2.49. The Bertz CT molecular complexity index is 981. The zero-order valence-corrected chi connectivity index (χ0v) is 20.8. The highest BCUT2D eigenvalue weighted by molar-refractivity contribution is 5.76. The summed E-state index contributed by atoms with van der Waals surface area (Å²) in [5, 5.41) is 0. The summed E-state index contributed by atoms with van der Waals surface area (Å²) >= 11 is 0. The highest BCUT2D eigenvalue weighted by Gasteiger charge is 2.34. The number of methoxy groups -OCH3 is 1. The van der Waals surface area contributed by atoms with Gasteiger partial charge in [0.25, 0.3) is 0 Å². The van der Waals surface area contributed by atoms with E-state index in [4.69, 9.17) is 4.74 Å². The van der Waals surface area contributed by atoms with Crippen molar-refractivity contribution in [3.8, 4) is 0 Å². The van der Waals surface area contributed by atoms with Crippen molar-refractivity contribution in [2.75, 3.05) is 54.0 Å². The molecule has 35 heavy (non-hydrogen) atoms. The molecular formula is C26H35F3N4O2. The minimum absolute atomic E-state index is 0.125. The molecule has 0 fully saturated rings. The van der Waals surface area contributed by atoms with Crippen LogP contribution in [-0.2, 0) is 41.6 Å². The number of amides is 1.